The number of nitriles is 1. The van der Waals surface area contributed by atoms with E-state index in [2.05, 4.69) is 32.6 Å². The zero-order valence-corrected chi connectivity index (χ0v) is 10.5. The highest BCUT2D eigenvalue weighted by atomic mass is 28.3. The van der Waals surface area contributed by atoms with Crippen molar-refractivity contribution in [3.8, 4) is 6.07 Å². The summed E-state index contributed by atoms with van der Waals surface area (Å²) < 4.78 is 0. The van der Waals surface area contributed by atoms with Gasteiger partial charge in [-0.15, -0.1) is 0 Å². The van der Waals surface area contributed by atoms with Crippen LogP contribution in [0.5, 0.6) is 0 Å². The fourth-order valence-corrected chi connectivity index (χ4v) is 4.68. The lowest BCUT2D eigenvalue weighted by molar-refractivity contribution is 0.392. The van der Waals surface area contributed by atoms with Gasteiger partial charge in [0.05, 0.1) is 6.07 Å². The minimum atomic E-state index is -1.38. The molecule has 3 nitrogen and oxygen atoms in total. The van der Waals surface area contributed by atoms with Crippen LogP contribution in [0.15, 0.2) is 0 Å². The summed E-state index contributed by atoms with van der Waals surface area (Å²) in [6.45, 7) is 8.72. The topological polar surface area (TPSA) is 64.2 Å². The average Bonchev–Trinajstić information content (AvgIpc) is 2.00. The summed E-state index contributed by atoms with van der Waals surface area (Å²) >= 11 is 0. The molecule has 80 valence electrons. The zero-order valence-electron chi connectivity index (χ0n) is 9.49. The van der Waals surface area contributed by atoms with Crippen molar-refractivity contribution in [1.82, 2.24) is 0 Å². The summed E-state index contributed by atoms with van der Waals surface area (Å²) in [5.41, 5.74) is 0.342. The summed E-state index contributed by atoms with van der Waals surface area (Å²) in [5.74, 6) is -0.216. The van der Waals surface area contributed by atoms with Gasteiger partial charge in [0.15, 0.2) is 0 Å². The van der Waals surface area contributed by atoms with Crippen LogP contribution in [-0.2, 0) is 0 Å². The van der Waals surface area contributed by atoms with Crippen LogP contribution in [-0.4, -0.2) is 25.2 Å². The first-order chi connectivity index (χ1) is 6.32. The second-order valence-electron chi connectivity index (χ2n) is 4.83. The molecule has 0 radical (unpaired) electrons. The minimum absolute atomic E-state index is 0.180. The van der Waals surface area contributed by atoms with E-state index in [4.69, 9.17) is 15.3 Å². The number of nitrogens with zero attached hydrogens (tertiary/aromatic N) is 1. The Hall–Kier alpha value is -0.308. The van der Waals surface area contributed by atoms with E-state index in [1.54, 1.807) is 0 Å². The van der Waals surface area contributed by atoms with Crippen LogP contribution in [0.25, 0.3) is 0 Å². The van der Waals surface area contributed by atoms with Crippen molar-refractivity contribution in [2.45, 2.75) is 44.8 Å². The Morgan fingerprint density at radius 3 is 2.07 bits per heavy atom. The molecule has 14 heavy (non-hydrogen) atoms. The van der Waals surface area contributed by atoms with Gasteiger partial charge in [-0.05, 0) is 11.9 Å². The molecule has 0 saturated carbocycles. The van der Waals surface area contributed by atoms with Crippen molar-refractivity contribution in [2.24, 2.45) is 5.92 Å². The van der Waals surface area contributed by atoms with Gasteiger partial charge in [0, 0.05) is 14.0 Å². The molecule has 0 aliphatic heterocycles. The van der Waals surface area contributed by atoms with Crippen LogP contribution in [0.1, 0.15) is 13.3 Å². The first kappa shape index (κ1) is 13.7. The van der Waals surface area contributed by atoms with Crippen LogP contribution in [0, 0.1) is 17.2 Å². The normalized spacial score (nSPS) is 15.8. The Balaban J connectivity index is 4.56. The third-order valence-corrected chi connectivity index (χ3v) is 5.70. The van der Waals surface area contributed by atoms with Gasteiger partial charge in [-0.2, -0.15) is 5.26 Å². The number of rotatable bonds is 5. The van der Waals surface area contributed by atoms with Gasteiger partial charge in [-0.1, -0.05) is 33.0 Å². The van der Waals surface area contributed by atoms with Crippen molar-refractivity contribution in [2.75, 3.05) is 0 Å². The summed E-state index contributed by atoms with van der Waals surface area (Å²) in [7, 11) is -2.74. The van der Waals surface area contributed by atoms with E-state index in [-0.39, 0.29) is 12.2 Å². The highest BCUT2D eigenvalue weighted by Crippen LogP contribution is 2.35. The molecule has 2 atom stereocenters. The van der Waals surface area contributed by atoms with Gasteiger partial charge < -0.3 is 10.0 Å². The average molecular weight is 213 g/mol. The van der Waals surface area contributed by atoms with Crippen LogP contribution in [0.4, 0.5) is 0 Å². The molecule has 0 aromatic heterocycles. The molecule has 0 bridgehead atoms. The molecule has 0 saturated heterocycles. The van der Waals surface area contributed by atoms with E-state index in [0.717, 1.165) is 6.42 Å². The minimum Gasteiger partial charge on any atom is -0.427 e. The van der Waals surface area contributed by atoms with Gasteiger partial charge in [-0.3, -0.25) is 0 Å². The van der Waals surface area contributed by atoms with Gasteiger partial charge in [0.1, 0.15) is 0 Å². The maximum atomic E-state index is 8.99. The standard InChI is InChI=1S/C9H20BNO2Si/c1-5-9(14(2,3)4)8(7-11)6-10(12)13/h8-9,12-13H,5-6H2,1-4H3. The Labute approximate surface area is 87.9 Å². The van der Waals surface area contributed by atoms with Crippen LogP contribution < -0.4 is 0 Å². The molecular formula is C9H20BNO2Si. The molecule has 0 aromatic rings. The monoisotopic (exact) mass is 213 g/mol. The Morgan fingerprint density at radius 1 is 1.36 bits per heavy atom. The second-order valence-corrected chi connectivity index (χ2v) is 10.3. The largest absolute Gasteiger partial charge is 0.452 e. The van der Waals surface area contributed by atoms with Gasteiger partial charge in [0.25, 0.3) is 0 Å². The highest BCUT2D eigenvalue weighted by Gasteiger charge is 2.34. The summed E-state index contributed by atoms with van der Waals surface area (Å²) in [6, 6.07) is 2.21. The number of hydrogen-bond donors (Lipinski definition) is 2. The van der Waals surface area contributed by atoms with Crippen LogP contribution in [0.3, 0.4) is 0 Å². The second kappa shape index (κ2) is 5.54. The van der Waals surface area contributed by atoms with Crippen LogP contribution in [0.2, 0.25) is 31.5 Å². The molecule has 0 aliphatic carbocycles. The smallest absolute Gasteiger partial charge is 0.427 e. The molecule has 2 unspecified atom stereocenters. The van der Waals surface area contributed by atoms with Crippen molar-refractivity contribution in [1.29, 1.82) is 5.26 Å². The lowest BCUT2D eigenvalue weighted by atomic mass is 9.77. The Morgan fingerprint density at radius 2 is 1.86 bits per heavy atom. The van der Waals surface area contributed by atoms with E-state index in [0.29, 0.717) is 5.54 Å². The number of hydrogen-bond acceptors (Lipinski definition) is 3. The third kappa shape index (κ3) is 4.27. The SMILES string of the molecule is CCC(C(C#N)CB(O)O)[Si](C)(C)C. The van der Waals surface area contributed by atoms with E-state index < -0.39 is 15.2 Å². The summed E-state index contributed by atoms with van der Waals surface area (Å²) in [5, 5.41) is 26.8. The fourth-order valence-electron chi connectivity index (χ4n) is 2.03. The van der Waals surface area contributed by atoms with Gasteiger partial charge >= 0.3 is 7.12 Å². The van der Waals surface area contributed by atoms with E-state index in [9.17, 15) is 0 Å². The predicted molar refractivity (Wildman–Crippen MR) is 61.5 cm³/mol. The molecule has 0 aliphatic rings. The fraction of sp³-hybridized carbons (Fsp3) is 0.889. The first-order valence-corrected chi connectivity index (χ1v) is 8.66. The van der Waals surface area contributed by atoms with E-state index in [1.165, 1.54) is 0 Å². The van der Waals surface area contributed by atoms with E-state index >= 15 is 0 Å². The third-order valence-electron chi connectivity index (χ3n) is 2.67. The maximum Gasteiger partial charge on any atom is 0.452 e. The Kier molecular flexibility index (Phi) is 5.42. The maximum absolute atomic E-state index is 8.99. The lowest BCUT2D eigenvalue weighted by Gasteiger charge is -2.31. The van der Waals surface area contributed by atoms with Crippen molar-refractivity contribution < 1.29 is 10.0 Å². The molecule has 0 amide bonds. The summed E-state index contributed by atoms with van der Waals surface area (Å²) in [6.07, 6.45) is 1.12. The molecule has 0 aromatic carbocycles. The van der Waals surface area contributed by atoms with Gasteiger partial charge in [-0.25, -0.2) is 0 Å². The van der Waals surface area contributed by atoms with Crippen LogP contribution >= 0.6 is 0 Å². The first-order valence-electron chi connectivity index (χ1n) is 5.08. The molecule has 0 rings (SSSR count). The molecule has 0 heterocycles. The molecule has 0 spiro atoms. The molecule has 0 fully saturated rings. The lowest BCUT2D eigenvalue weighted by Crippen LogP contribution is -2.34. The van der Waals surface area contributed by atoms with E-state index in [1.807, 2.05) is 0 Å². The van der Waals surface area contributed by atoms with Gasteiger partial charge in [0.2, 0.25) is 0 Å². The zero-order chi connectivity index (χ0) is 11.4. The Bertz CT molecular complexity index is 210. The molecule has 5 heteroatoms. The molecule has 2 N–H and O–H groups in total. The van der Waals surface area contributed by atoms with Crippen molar-refractivity contribution in [3.05, 3.63) is 0 Å². The van der Waals surface area contributed by atoms with Crippen molar-refractivity contribution in [3.63, 3.8) is 0 Å². The highest BCUT2D eigenvalue weighted by molar-refractivity contribution is 6.77. The summed E-state index contributed by atoms with van der Waals surface area (Å²) in [4.78, 5) is 0. The quantitative estimate of drug-likeness (QED) is 0.683. The molecular weight excluding hydrogens is 193 g/mol. The predicted octanol–water partition coefficient (Wildman–Crippen LogP) is 1.72. The van der Waals surface area contributed by atoms with Crippen molar-refractivity contribution >= 4 is 15.2 Å².